The molecule has 0 fully saturated rings. The van der Waals surface area contributed by atoms with Gasteiger partial charge >= 0.3 is 6.03 Å². The van der Waals surface area contributed by atoms with Crippen LogP contribution in [-0.2, 0) is 4.79 Å². The molecule has 0 aliphatic rings. The van der Waals surface area contributed by atoms with Crippen molar-refractivity contribution in [1.82, 2.24) is 10.6 Å². The number of hydrogen-bond donors (Lipinski definition) is 2. The van der Waals surface area contributed by atoms with Crippen LogP contribution >= 0.6 is 11.8 Å². The van der Waals surface area contributed by atoms with Crippen LogP contribution in [-0.4, -0.2) is 24.2 Å². The molecule has 0 saturated carbocycles. The van der Waals surface area contributed by atoms with Gasteiger partial charge in [-0.15, -0.1) is 11.8 Å². The molecule has 0 spiro atoms. The minimum atomic E-state index is -0.540. The van der Waals surface area contributed by atoms with Crippen molar-refractivity contribution in [2.24, 2.45) is 0 Å². The fourth-order valence-corrected chi connectivity index (χ4v) is 1.91. The Bertz CT molecular complexity index is 408. The molecule has 1 aromatic rings. The third-order valence-corrected chi connectivity index (χ3v) is 3.07. The van der Waals surface area contributed by atoms with Gasteiger partial charge in [-0.05, 0) is 31.2 Å². The lowest BCUT2D eigenvalue weighted by molar-refractivity contribution is -0.119. The summed E-state index contributed by atoms with van der Waals surface area (Å²) in [6.45, 7) is 1.67. The SMILES string of the molecule is CNC(=O)NC(=O)[C@@H](C)Sc1ccc(F)cc1. The number of halogens is 1. The Kier molecular flexibility index (Phi) is 4.96. The first-order chi connectivity index (χ1) is 8.02. The Morgan fingerprint density at radius 1 is 1.29 bits per heavy atom. The first-order valence-electron chi connectivity index (χ1n) is 4.97. The molecule has 6 heteroatoms. The van der Waals surface area contributed by atoms with Crippen LogP contribution in [0.25, 0.3) is 0 Å². The van der Waals surface area contributed by atoms with Crippen molar-refractivity contribution < 1.29 is 14.0 Å². The van der Waals surface area contributed by atoms with Crippen molar-refractivity contribution in [2.45, 2.75) is 17.1 Å². The molecule has 1 aromatic carbocycles. The Morgan fingerprint density at radius 2 is 1.88 bits per heavy atom. The molecule has 3 amide bonds. The lowest BCUT2D eigenvalue weighted by Crippen LogP contribution is -2.41. The zero-order valence-corrected chi connectivity index (χ0v) is 10.3. The summed E-state index contributed by atoms with van der Waals surface area (Å²) in [5.41, 5.74) is 0. The van der Waals surface area contributed by atoms with E-state index in [-0.39, 0.29) is 5.82 Å². The smallest absolute Gasteiger partial charge is 0.321 e. The second-order valence-corrected chi connectivity index (χ2v) is 4.70. The van der Waals surface area contributed by atoms with Crippen LogP contribution in [0, 0.1) is 5.82 Å². The summed E-state index contributed by atoms with van der Waals surface area (Å²) in [5.74, 6) is -0.713. The number of carbonyl (C=O) groups is 2. The van der Waals surface area contributed by atoms with E-state index >= 15 is 0 Å². The van der Waals surface area contributed by atoms with Gasteiger partial charge in [-0.1, -0.05) is 0 Å². The van der Waals surface area contributed by atoms with Gasteiger partial charge in [-0.25, -0.2) is 9.18 Å². The van der Waals surface area contributed by atoms with Gasteiger partial charge in [-0.2, -0.15) is 0 Å². The first-order valence-corrected chi connectivity index (χ1v) is 5.85. The molecule has 0 heterocycles. The number of amides is 3. The van der Waals surface area contributed by atoms with Crippen LogP contribution in [0.4, 0.5) is 9.18 Å². The van der Waals surface area contributed by atoms with Gasteiger partial charge in [0.25, 0.3) is 0 Å². The molecule has 92 valence electrons. The second-order valence-electron chi connectivity index (χ2n) is 3.28. The Balaban J connectivity index is 2.54. The number of carbonyl (C=O) groups excluding carboxylic acids is 2. The number of thioether (sulfide) groups is 1. The predicted molar refractivity (Wildman–Crippen MR) is 64.3 cm³/mol. The van der Waals surface area contributed by atoms with Gasteiger partial charge in [0.1, 0.15) is 5.82 Å². The zero-order chi connectivity index (χ0) is 12.8. The van der Waals surface area contributed by atoms with Crippen LogP contribution in [0.5, 0.6) is 0 Å². The van der Waals surface area contributed by atoms with Crippen LogP contribution in [0.15, 0.2) is 29.2 Å². The average Bonchev–Trinajstić information content (AvgIpc) is 2.31. The molecular weight excluding hydrogens is 243 g/mol. The monoisotopic (exact) mass is 256 g/mol. The lowest BCUT2D eigenvalue weighted by Gasteiger charge is -2.10. The second kappa shape index (κ2) is 6.24. The number of rotatable bonds is 3. The quantitative estimate of drug-likeness (QED) is 0.810. The molecule has 0 unspecified atom stereocenters. The third kappa shape index (κ3) is 4.44. The molecule has 0 saturated heterocycles. The minimum absolute atomic E-state index is 0.322. The normalized spacial score (nSPS) is 11.7. The van der Waals surface area contributed by atoms with Gasteiger partial charge in [0.05, 0.1) is 5.25 Å². The molecule has 2 N–H and O–H groups in total. The van der Waals surface area contributed by atoms with Gasteiger partial charge < -0.3 is 5.32 Å². The molecule has 0 aliphatic carbocycles. The van der Waals surface area contributed by atoms with Gasteiger partial charge in [0.2, 0.25) is 5.91 Å². The summed E-state index contributed by atoms with van der Waals surface area (Å²) >= 11 is 1.25. The molecule has 1 atom stereocenters. The number of benzene rings is 1. The van der Waals surface area contributed by atoms with E-state index in [0.717, 1.165) is 4.90 Å². The summed E-state index contributed by atoms with van der Waals surface area (Å²) in [5, 5.41) is 4.04. The molecule has 0 radical (unpaired) electrons. The topological polar surface area (TPSA) is 58.2 Å². The number of nitrogens with one attached hydrogen (secondary N) is 2. The van der Waals surface area contributed by atoms with Crippen LogP contribution in [0.1, 0.15) is 6.92 Å². The van der Waals surface area contributed by atoms with Crippen LogP contribution in [0.2, 0.25) is 0 Å². The fourth-order valence-electron chi connectivity index (χ4n) is 1.05. The number of urea groups is 1. The first kappa shape index (κ1) is 13.5. The van der Waals surface area contributed by atoms with Gasteiger partial charge in [0.15, 0.2) is 0 Å². The number of hydrogen-bond acceptors (Lipinski definition) is 3. The van der Waals surface area contributed by atoms with Crippen molar-refractivity contribution in [3.8, 4) is 0 Å². The Labute approximate surface area is 103 Å². The zero-order valence-electron chi connectivity index (χ0n) is 9.49. The summed E-state index contributed by atoms with van der Waals surface area (Å²) in [6.07, 6.45) is 0. The van der Waals surface area contributed by atoms with E-state index in [2.05, 4.69) is 10.6 Å². The Hall–Kier alpha value is -1.56. The van der Waals surface area contributed by atoms with Crippen molar-refractivity contribution in [3.63, 3.8) is 0 Å². The number of imide groups is 1. The van der Waals surface area contributed by atoms with E-state index in [1.54, 1.807) is 19.1 Å². The third-order valence-electron chi connectivity index (χ3n) is 1.96. The summed E-state index contributed by atoms with van der Waals surface area (Å²) < 4.78 is 12.7. The summed E-state index contributed by atoms with van der Waals surface area (Å²) in [4.78, 5) is 23.2. The molecule has 0 bridgehead atoms. The van der Waals surface area contributed by atoms with Gasteiger partial charge in [0, 0.05) is 11.9 Å². The fraction of sp³-hybridized carbons (Fsp3) is 0.273. The van der Waals surface area contributed by atoms with E-state index in [4.69, 9.17) is 0 Å². The standard InChI is InChI=1S/C11H13FN2O2S/c1-7(10(15)14-11(16)13-2)17-9-5-3-8(12)4-6-9/h3-7H,1-2H3,(H2,13,14,15,16)/t7-/m1/s1. The minimum Gasteiger partial charge on any atom is -0.341 e. The average molecular weight is 256 g/mol. The maximum Gasteiger partial charge on any atom is 0.321 e. The predicted octanol–water partition coefficient (Wildman–Crippen LogP) is 1.76. The highest BCUT2D eigenvalue weighted by atomic mass is 32.2. The van der Waals surface area contributed by atoms with Crippen molar-refractivity contribution >= 4 is 23.7 Å². The van der Waals surface area contributed by atoms with E-state index < -0.39 is 17.2 Å². The van der Waals surface area contributed by atoms with Crippen molar-refractivity contribution in [3.05, 3.63) is 30.1 Å². The largest absolute Gasteiger partial charge is 0.341 e. The highest BCUT2D eigenvalue weighted by molar-refractivity contribution is 8.00. The van der Waals surface area contributed by atoms with Crippen LogP contribution < -0.4 is 10.6 Å². The molecule has 0 aliphatic heterocycles. The van der Waals surface area contributed by atoms with Crippen LogP contribution in [0.3, 0.4) is 0 Å². The van der Waals surface area contributed by atoms with E-state index in [9.17, 15) is 14.0 Å². The van der Waals surface area contributed by atoms with Crippen molar-refractivity contribution in [2.75, 3.05) is 7.05 Å². The summed E-state index contributed by atoms with van der Waals surface area (Å²) in [6, 6.07) is 5.28. The lowest BCUT2D eigenvalue weighted by atomic mass is 10.3. The molecular formula is C11H13FN2O2S. The van der Waals surface area contributed by atoms with Crippen molar-refractivity contribution in [1.29, 1.82) is 0 Å². The Morgan fingerprint density at radius 3 is 2.41 bits per heavy atom. The molecule has 17 heavy (non-hydrogen) atoms. The maximum absolute atomic E-state index is 12.7. The van der Waals surface area contributed by atoms with Gasteiger partial charge in [-0.3, -0.25) is 10.1 Å². The maximum atomic E-state index is 12.7. The molecule has 1 rings (SSSR count). The van der Waals surface area contributed by atoms with E-state index in [1.807, 2.05) is 0 Å². The molecule has 0 aromatic heterocycles. The highest BCUT2D eigenvalue weighted by Gasteiger charge is 2.16. The van der Waals surface area contributed by atoms with E-state index in [1.165, 1.54) is 30.9 Å². The van der Waals surface area contributed by atoms with E-state index in [0.29, 0.717) is 0 Å². The summed E-state index contributed by atoms with van der Waals surface area (Å²) in [7, 11) is 1.43. The molecule has 4 nitrogen and oxygen atoms in total. The highest BCUT2D eigenvalue weighted by Crippen LogP contribution is 2.23.